The Hall–Kier alpha value is -1.12. The lowest BCUT2D eigenvalue weighted by molar-refractivity contribution is 0.0569. The quantitative estimate of drug-likeness (QED) is 0.882. The van der Waals surface area contributed by atoms with Crippen molar-refractivity contribution in [2.75, 3.05) is 0 Å². The highest BCUT2D eigenvalue weighted by molar-refractivity contribution is 9.10. The van der Waals surface area contributed by atoms with Gasteiger partial charge in [-0.05, 0) is 49.6 Å². The molecule has 1 N–H and O–H groups in total. The molecule has 0 amide bonds. The van der Waals surface area contributed by atoms with Crippen LogP contribution in [0.15, 0.2) is 46.9 Å². The highest BCUT2D eigenvalue weighted by atomic mass is 79.9. The lowest BCUT2D eigenvalue weighted by Gasteiger charge is -2.26. The molecule has 0 spiro atoms. The summed E-state index contributed by atoms with van der Waals surface area (Å²) < 4.78 is 1.06. The van der Waals surface area contributed by atoms with E-state index >= 15 is 0 Å². The summed E-state index contributed by atoms with van der Waals surface area (Å²) in [7, 11) is 0. The molecule has 0 aliphatic heterocycles. The van der Waals surface area contributed by atoms with Crippen molar-refractivity contribution in [2.24, 2.45) is 0 Å². The summed E-state index contributed by atoms with van der Waals surface area (Å²) in [6, 6.07) is 14.3. The second-order valence-electron chi connectivity index (χ2n) is 5.40. The van der Waals surface area contributed by atoms with Gasteiger partial charge in [0.1, 0.15) is 0 Å². The van der Waals surface area contributed by atoms with E-state index in [0.717, 1.165) is 21.2 Å². The van der Waals surface area contributed by atoms with Crippen molar-refractivity contribution in [1.82, 2.24) is 0 Å². The lowest BCUT2D eigenvalue weighted by Crippen LogP contribution is -2.25. The van der Waals surface area contributed by atoms with Gasteiger partial charge in [0, 0.05) is 10.9 Å². The zero-order chi connectivity index (χ0) is 14.0. The Kier molecular flexibility index (Phi) is 4.12. The van der Waals surface area contributed by atoms with Gasteiger partial charge >= 0.3 is 0 Å². The van der Waals surface area contributed by atoms with Crippen molar-refractivity contribution in [3.63, 3.8) is 0 Å². The highest BCUT2D eigenvalue weighted by Crippen LogP contribution is 2.29. The smallest absolute Gasteiger partial charge is 0.0911 e. The molecule has 2 aromatic rings. The van der Waals surface area contributed by atoms with Crippen molar-refractivity contribution < 1.29 is 5.11 Å². The molecule has 2 aromatic carbocycles. The first-order chi connectivity index (χ1) is 8.88. The van der Waals surface area contributed by atoms with Crippen LogP contribution in [0.1, 0.15) is 29.2 Å². The van der Waals surface area contributed by atoms with Crippen molar-refractivity contribution in [3.05, 3.63) is 69.2 Å². The zero-order valence-corrected chi connectivity index (χ0v) is 13.2. The van der Waals surface area contributed by atoms with Crippen molar-refractivity contribution in [1.29, 1.82) is 0 Å². The lowest BCUT2D eigenvalue weighted by atomic mass is 9.85. The molecule has 0 aliphatic carbocycles. The Morgan fingerprint density at radius 3 is 2.32 bits per heavy atom. The second kappa shape index (κ2) is 5.48. The molecule has 0 fully saturated rings. The monoisotopic (exact) mass is 318 g/mol. The molecule has 0 radical (unpaired) electrons. The van der Waals surface area contributed by atoms with Crippen LogP contribution < -0.4 is 0 Å². The average molecular weight is 319 g/mol. The molecule has 1 atom stereocenters. The van der Waals surface area contributed by atoms with Crippen LogP contribution in [0.2, 0.25) is 0 Å². The number of aliphatic hydroxyl groups is 1. The number of rotatable bonds is 3. The molecule has 0 saturated carbocycles. The zero-order valence-electron chi connectivity index (χ0n) is 11.6. The Morgan fingerprint density at radius 2 is 1.68 bits per heavy atom. The van der Waals surface area contributed by atoms with Crippen molar-refractivity contribution in [3.8, 4) is 0 Å². The Morgan fingerprint density at radius 1 is 1.05 bits per heavy atom. The number of aryl methyl sites for hydroxylation is 2. The summed E-state index contributed by atoms with van der Waals surface area (Å²) in [5.41, 5.74) is 3.61. The summed E-state index contributed by atoms with van der Waals surface area (Å²) in [4.78, 5) is 0. The van der Waals surface area contributed by atoms with E-state index in [-0.39, 0.29) is 0 Å². The van der Waals surface area contributed by atoms with Gasteiger partial charge in [-0.25, -0.2) is 0 Å². The van der Waals surface area contributed by atoms with E-state index in [1.165, 1.54) is 5.56 Å². The normalized spacial score (nSPS) is 14.2. The van der Waals surface area contributed by atoms with Crippen LogP contribution in [0.4, 0.5) is 0 Å². The number of hydrogen-bond acceptors (Lipinski definition) is 1. The summed E-state index contributed by atoms with van der Waals surface area (Å²) in [6.07, 6.45) is 0.616. The maximum atomic E-state index is 10.8. The predicted octanol–water partition coefficient (Wildman–Crippen LogP) is 4.52. The minimum atomic E-state index is -0.843. The first-order valence-corrected chi connectivity index (χ1v) is 7.22. The van der Waals surface area contributed by atoms with Crippen molar-refractivity contribution in [2.45, 2.75) is 32.8 Å². The molecule has 1 unspecified atom stereocenters. The number of halogens is 1. The van der Waals surface area contributed by atoms with E-state index in [1.807, 2.05) is 38.1 Å². The van der Waals surface area contributed by atoms with Crippen LogP contribution >= 0.6 is 15.9 Å². The fourth-order valence-corrected chi connectivity index (χ4v) is 2.68. The maximum absolute atomic E-state index is 10.8. The topological polar surface area (TPSA) is 20.2 Å². The van der Waals surface area contributed by atoms with Crippen LogP contribution in [0, 0.1) is 13.8 Å². The van der Waals surface area contributed by atoms with Crippen LogP contribution in [0.3, 0.4) is 0 Å². The Balaban J connectivity index is 2.31. The molecular formula is C17H19BrO. The van der Waals surface area contributed by atoms with Gasteiger partial charge in [-0.3, -0.25) is 0 Å². The van der Waals surface area contributed by atoms with Gasteiger partial charge in [-0.15, -0.1) is 0 Å². The molecule has 2 heteroatoms. The maximum Gasteiger partial charge on any atom is 0.0911 e. The predicted molar refractivity (Wildman–Crippen MR) is 83.3 cm³/mol. The summed E-state index contributed by atoms with van der Waals surface area (Å²) in [5, 5.41) is 10.8. The van der Waals surface area contributed by atoms with Crippen LogP contribution in [-0.2, 0) is 12.0 Å². The van der Waals surface area contributed by atoms with Gasteiger partial charge in [0.2, 0.25) is 0 Å². The Labute approximate surface area is 123 Å². The molecule has 1 nitrogen and oxygen atoms in total. The van der Waals surface area contributed by atoms with E-state index < -0.39 is 5.60 Å². The number of benzene rings is 2. The SMILES string of the molecule is Cc1ccc(C)c(C(C)(O)Cc2ccc(Br)cc2)c1. The molecule has 0 aromatic heterocycles. The second-order valence-corrected chi connectivity index (χ2v) is 6.31. The molecule has 0 aliphatic rings. The van der Waals surface area contributed by atoms with Crippen LogP contribution in [0.5, 0.6) is 0 Å². The van der Waals surface area contributed by atoms with E-state index in [0.29, 0.717) is 6.42 Å². The highest BCUT2D eigenvalue weighted by Gasteiger charge is 2.25. The summed E-state index contributed by atoms with van der Waals surface area (Å²) in [6.45, 7) is 5.99. The van der Waals surface area contributed by atoms with Gasteiger partial charge in [0.15, 0.2) is 0 Å². The van der Waals surface area contributed by atoms with Gasteiger partial charge in [-0.1, -0.05) is 51.8 Å². The van der Waals surface area contributed by atoms with Gasteiger partial charge in [-0.2, -0.15) is 0 Å². The first-order valence-electron chi connectivity index (χ1n) is 6.43. The van der Waals surface area contributed by atoms with Crippen LogP contribution in [-0.4, -0.2) is 5.11 Å². The molecular weight excluding hydrogens is 300 g/mol. The molecule has 0 bridgehead atoms. The molecule has 0 saturated heterocycles. The third kappa shape index (κ3) is 3.46. The van der Waals surface area contributed by atoms with E-state index in [1.54, 1.807) is 0 Å². The summed E-state index contributed by atoms with van der Waals surface area (Å²) in [5.74, 6) is 0. The summed E-state index contributed by atoms with van der Waals surface area (Å²) >= 11 is 3.43. The van der Waals surface area contributed by atoms with E-state index in [4.69, 9.17) is 0 Å². The van der Waals surface area contributed by atoms with Gasteiger partial charge in [0.25, 0.3) is 0 Å². The van der Waals surface area contributed by atoms with Crippen molar-refractivity contribution >= 4 is 15.9 Å². The van der Waals surface area contributed by atoms with Gasteiger partial charge in [0.05, 0.1) is 5.60 Å². The minimum absolute atomic E-state index is 0.616. The standard InChI is InChI=1S/C17H19BrO/c1-12-4-5-13(2)16(10-12)17(3,19)11-14-6-8-15(18)9-7-14/h4-10,19H,11H2,1-3H3. The molecule has 2 rings (SSSR count). The van der Waals surface area contributed by atoms with Crippen LogP contribution in [0.25, 0.3) is 0 Å². The molecule has 0 heterocycles. The third-order valence-corrected chi connectivity index (χ3v) is 3.96. The average Bonchev–Trinajstić information content (AvgIpc) is 2.35. The Bertz CT molecular complexity index is 570. The fraction of sp³-hybridized carbons (Fsp3) is 0.294. The molecule has 100 valence electrons. The number of hydrogen-bond donors (Lipinski definition) is 1. The largest absolute Gasteiger partial charge is 0.385 e. The molecule has 19 heavy (non-hydrogen) atoms. The minimum Gasteiger partial charge on any atom is -0.385 e. The van der Waals surface area contributed by atoms with Gasteiger partial charge < -0.3 is 5.11 Å². The van der Waals surface area contributed by atoms with E-state index in [2.05, 4.69) is 41.1 Å². The third-order valence-electron chi connectivity index (χ3n) is 3.43. The fourth-order valence-electron chi connectivity index (χ4n) is 2.41. The van der Waals surface area contributed by atoms with E-state index in [9.17, 15) is 5.11 Å². The first kappa shape index (κ1) is 14.3.